The predicted octanol–water partition coefficient (Wildman–Crippen LogP) is 2.64. The highest BCUT2D eigenvalue weighted by atomic mass is 19.1. The molecule has 0 atom stereocenters. The maximum Gasteiger partial charge on any atom is 0.252 e. The summed E-state index contributed by atoms with van der Waals surface area (Å²) in [7, 11) is 1.56. The number of carbonyl (C=O) groups excluding carboxylic acids is 1. The van der Waals surface area contributed by atoms with Gasteiger partial charge in [-0.15, -0.1) is 0 Å². The van der Waals surface area contributed by atoms with E-state index < -0.39 is 5.82 Å². The molecule has 8 nitrogen and oxygen atoms in total. The van der Waals surface area contributed by atoms with Crippen LogP contribution in [0.3, 0.4) is 0 Å². The summed E-state index contributed by atoms with van der Waals surface area (Å²) in [5.41, 5.74) is 4.28. The zero-order valence-corrected chi connectivity index (χ0v) is 19.8. The van der Waals surface area contributed by atoms with E-state index in [1.165, 1.54) is 6.07 Å². The molecule has 184 valence electrons. The van der Waals surface area contributed by atoms with E-state index >= 15 is 0 Å². The van der Waals surface area contributed by atoms with Crippen LogP contribution in [-0.2, 0) is 11.3 Å². The molecule has 35 heavy (non-hydrogen) atoms. The Kier molecular flexibility index (Phi) is 6.79. The molecule has 1 aliphatic carbocycles. The topological polar surface area (TPSA) is 90.6 Å². The molecule has 2 fully saturated rings. The summed E-state index contributed by atoms with van der Waals surface area (Å²) in [5, 5.41) is 2.70. The van der Waals surface area contributed by atoms with Crippen molar-refractivity contribution in [2.24, 2.45) is 0 Å². The van der Waals surface area contributed by atoms with Crippen molar-refractivity contribution in [3.8, 4) is 0 Å². The van der Waals surface area contributed by atoms with Gasteiger partial charge in [-0.1, -0.05) is 0 Å². The normalized spacial score (nSPS) is 16.6. The quantitative estimate of drug-likeness (QED) is 0.483. The Bertz CT molecular complexity index is 1280. The monoisotopic (exact) mass is 479 g/mol. The number of benzene rings is 1. The molecular weight excluding hydrogens is 449 g/mol. The largest absolute Gasteiger partial charge is 0.383 e. The van der Waals surface area contributed by atoms with Gasteiger partial charge in [-0.05, 0) is 54.7 Å². The molecule has 0 radical (unpaired) electrons. The van der Waals surface area contributed by atoms with E-state index in [0.717, 1.165) is 48.1 Å². The maximum absolute atomic E-state index is 14.8. The van der Waals surface area contributed by atoms with Crippen LogP contribution in [-0.4, -0.2) is 67.2 Å². The highest BCUT2D eigenvalue weighted by Gasteiger charge is 2.27. The smallest absolute Gasteiger partial charge is 0.252 e. The number of hydrogen-bond acceptors (Lipinski definition) is 6. The molecule has 3 heterocycles. The lowest BCUT2D eigenvalue weighted by atomic mass is 10.1. The first-order chi connectivity index (χ1) is 17.0. The number of nitrogens with one attached hydrogen (secondary N) is 2. The van der Waals surface area contributed by atoms with Crippen molar-refractivity contribution < 1.29 is 13.9 Å². The molecule has 0 bridgehead atoms. The van der Waals surface area contributed by atoms with Crippen molar-refractivity contribution in [3.63, 3.8) is 0 Å². The minimum absolute atomic E-state index is 0.00642. The summed E-state index contributed by atoms with van der Waals surface area (Å²) < 4.78 is 19.7. The van der Waals surface area contributed by atoms with Gasteiger partial charge in [0.2, 0.25) is 0 Å². The fraction of sp³-hybridized carbons (Fsp3) is 0.423. The van der Waals surface area contributed by atoms with Crippen LogP contribution in [0.1, 0.15) is 40.2 Å². The van der Waals surface area contributed by atoms with Crippen LogP contribution in [0.25, 0.3) is 11.0 Å². The Morgan fingerprint density at radius 2 is 2.00 bits per heavy atom. The Morgan fingerprint density at radius 1 is 1.20 bits per heavy atom. The number of halogens is 1. The summed E-state index contributed by atoms with van der Waals surface area (Å²) in [4.78, 5) is 36.4. The number of anilines is 1. The highest BCUT2D eigenvalue weighted by molar-refractivity contribution is 5.94. The molecule has 3 aromatic rings. The molecule has 1 amide bonds. The number of fused-ring (bicyclic) bond motifs is 1. The van der Waals surface area contributed by atoms with Gasteiger partial charge in [-0.3, -0.25) is 19.5 Å². The summed E-state index contributed by atoms with van der Waals surface area (Å²) in [6, 6.07) is 8.55. The number of rotatable bonds is 8. The van der Waals surface area contributed by atoms with Crippen molar-refractivity contribution >= 4 is 22.6 Å². The van der Waals surface area contributed by atoms with E-state index in [4.69, 9.17) is 4.74 Å². The molecule has 1 aromatic carbocycles. The van der Waals surface area contributed by atoms with Crippen molar-refractivity contribution in [2.75, 3.05) is 51.3 Å². The maximum atomic E-state index is 14.8. The van der Waals surface area contributed by atoms with E-state index in [0.29, 0.717) is 50.0 Å². The molecule has 0 unspecified atom stereocenters. The molecule has 1 saturated carbocycles. The second-order valence-corrected chi connectivity index (χ2v) is 9.28. The van der Waals surface area contributed by atoms with Gasteiger partial charge < -0.3 is 19.9 Å². The van der Waals surface area contributed by atoms with E-state index in [1.807, 2.05) is 23.2 Å². The van der Waals surface area contributed by atoms with Gasteiger partial charge in [0, 0.05) is 63.7 Å². The number of methoxy groups -OCH3 is 1. The number of aromatic amines is 1. The summed E-state index contributed by atoms with van der Waals surface area (Å²) in [5.74, 6) is -0.322. The van der Waals surface area contributed by atoms with Crippen LogP contribution < -0.4 is 15.8 Å². The Labute approximate surface area is 203 Å². The molecule has 0 spiro atoms. The summed E-state index contributed by atoms with van der Waals surface area (Å²) >= 11 is 0. The lowest BCUT2D eigenvalue weighted by Crippen LogP contribution is -2.46. The fourth-order valence-corrected chi connectivity index (χ4v) is 4.60. The minimum atomic E-state index is -0.397. The number of carbonyl (C=O) groups is 1. The van der Waals surface area contributed by atoms with Crippen LogP contribution >= 0.6 is 0 Å². The van der Waals surface area contributed by atoms with Gasteiger partial charge in [-0.2, -0.15) is 0 Å². The molecular formula is C26H30FN5O3. The van der Waals surface area contributed by atoms with E-state index in [2.05, 4.69) is 20.2 Å². The van der Waals surface area contributed by atoms with Crippen LogP contribution in [0.2, 0.25) is 0 Å². The zero-order chi connectivity index (χ0) is 24.4. The summed E-state index contributed by atoms with van der Waals surface area (Å²) in [6.45, 7) is 4.40. The SMILES string of the molecule is COCCNC(=O)c1ccc(N2CCN(Cc3cnc4cc(C5CC5)c(=O)[nH]c4c3)CC2)c(F)c1. The first kappa shape index (κ1) is 23.4. The van der Waals surface area contributed by atoms with Gasteiger partial charge in [-0.25, -0.2) is 4.39 Å². The van der Waals surface area contributed by atoms with Gasteiger partial charge in [0.05, 0.1) is 23.3 Å². The van der Waals surface area contributed by atoms with Crippen LogP contribution in [0, 0.1) is 5.82 Å². The van der Waals surface area contributed by atoms with Gasteiger partial charge in [0.15, 0.2) is 0 Å². The number of amides is 1. The fourth-order valence-electron chi connectivity index (χ4n) is 4.60. The number of nitrogens with zero attached hydrogens (tertiary/aromatic N) is 3. The number of H-pyrrole nitrogens is 1. The number of pyridine rings is 2. The van der Waals surface area contributed by atoms with Gasteiger partial charge in [0.1, 0.15) is 5.82 Å². The standard InChI is InChI=1S/C26H30FN5O3/c1-35-11-6-28-25(33)19-4-5-24(21(27)13-19)32-9-7-31(8-10-32)16-17-12-23-22(29-15-17)14-20(18-2-3-18)26(34)30-23/h4-5,12-15,18H,2-3,6-11,16H2,1H3,(H,28,33)(H,30,34). The number of aromatic nitrogens is 2. The number of ether oxygens (including phenoxy) is 1. The van der Waals surface area contributed by atoms with Crippen LogP contribution in [0.15, 0.2) is 41.3 Å². The van der Waals surface area contributed by atoms with Gasteiger partial charge >= 0.3 is 0 Å². The molecule has 2 N–H and O–H groups in total. The average molecular weight is 480 g/mol. The lowest BCUT2D eigenvalue weighted by Gasteiger charge is -2.36. The number of hydrogen-bond donors (Lipinski definition) is 2. The van der Waals surface area contributed by atoms with Crippen LogP contribution in [0.4, 0.5) is 10.1 Å². The molecule has 2 aliphatic rings. The third kappa shape index (κ3) is 5.36. The summed E-state index contributed by atoms with van der Waals surface area (Å²) in [6.07, 6.45) is 4.04. The third-order valence-corrected chi connectivity index (χ3v) is 6.72. The predicted molar refractivity (Wildman–Crippen MR) is 132 cm³/mol. The molecule has 1 saturated heterocycles. The second-order valence-electron chi connectivity index (χ2n) is 9.28. The van der Waals surface area contributed by atoms with Crippen molar-refractivity contribution in [1.82, 2.24) is 20.2 Å². The highest BCUT2D eigenvalue weighted by Crippen LogP contribution is 2.38. The first-order valence-electron chi connectivity index (χ1n) is 12.1. The Morgan fingerprint density at radius 3 is 2.71 bits per heavy atom. The first-order valence-corrected chi connectivity index (χ1v) is 12.1. The van der Waals surface area contributed by atoms with Crippen molar-refractivity contribution in [3.05, 3.63) is 69.4 Å². The molecule has 9 heteroatoms. The van der Waals surface area contributed by atoms with E-state index in [1.54, 1.807) is 19.2 Å². The lowest BCUT2D eigenvalue weighted by molar-refractivity contribution is 0.0936. The van der Waals surface area contributed by atoms with E-state index in [9.17, 15) is 14.0 Å². The van der Waals surface area contributed by atoms with Crippen LogP contribution in [0.5, 0.6) is 0 Å². The molecule has 5 rings (SSSR count). The zero-order valence-electron chi connectivity index (χ0n) is 19.8. The molecule has 1 aliphatic heterocycles. The second kappa shape index (κ2) is 10.1. The molecule has 2 aromatic heterocycles. The van der Waals surface area contributed by atoms with Crippen molar-refractivity contribution in [1.29, 1.82) is 0 Å². The third-order valence-electron chi connectivity index (χ3n) is 6.72. The number of piperazine rings is 1. The Balaban J connectivity index is 1.19. The van der Waals surface area contributed by atoms with Gasteiger partial charge in [0.25, 0.3) is 11.5 Å². The average Bonchev–Trinajstić information content (AvgIpc) is 3.70. The Hall–Kier alpha value is -3.30. The minimum Gasteiger partial charge on any atom is -0.383 e. The van der Waals surface area contributed by atoms with Crippen molar-refractivity contribution in [2.45, 2.75) is 25.3 Å². The van der Waals surface area contributed by atoms with E-state index in [-0.39, 0.29) is 11.5 Å².